The highest BCUT2D eigenvalue weighted by molar-refractivity contribution is 7.99. The number of hydrogen-bond donors (Lipinski definition) is 2. The van der Waals surface area contributed by atoms with E-state index in [9.17, 15) is 27.6 Å². The molecule has 1 aromatic heterocycles. The van der Waals surface area contributed by atoms with Gasteiger partial charge in [0.15, 0.2) is 0 Å². The summed E-state index contributed by atoms with van der Waals surface area (Å²) in [6.45, 7) is 1.09. The van der Waals surface area contributed by atoms with Crippen molar-refractivity contribution in [3.63, 3.8) is 0 Å². The highest BCUT2D eigenvalue weighted by atomic mass is 32.2. The average Bonchev–Trinajstić information content (AvgIpc) is 2.91. The van der Waals surface area contributed by atoms with E-state index in [0.29, 0.717) is 15.0 Å². The molecule has 11 heteroatoms. The number of carbonyl (C=O) groups is 2. The molecule has 1 aromatic carbocycles. The molecule has 2 amide bonds. The number of aromatic nitrogens is 2. The maximum absolute atomic E-state index is 14.0. The fourth-order valence-corrected chi connectivity index (χ4v) is 9.45. The predicted octanol–water partition coefficient (Wildman–Crippen LogP) is 5.99. The molecule has 0 spiro atoms. The second-order valence-electron chi connectivity index (χ2n) is 13.0. The number of piperidine rings is 1. The molecule has 1 atom stereocenters. The second kappa shape index (κ2) is 11.9. The molecule has 1 saturated heterocycles. The van der Waals surface area contributed by atoms with Crippen LogP contribution in [-0.4, -0.2) is 39.2 Å². The van der Waals surface area contributed by atoms with Gasteiger partial charge in [-0.25, -0.2) is 4.98 Å². The van der Waals surface area contributed by atoms with Crippen LogP contribution in [0.2, 0.25) is 0 Å². The number of alkyl halides is 3. The van der Waals surface area contributed by atoms with Crippen molar-refractivity contribution in [1.82, 2.24) is 20.2 Å². The Balaban J connectivity index is 1.03. The molecular formula is C31H39F3N4O3S. The highest BCUT2D eigenvalue weighted by Gasteiger charge is 2.50. The number of carbonyl (C=O) groups excluding carboxylic acids is 2. The van der Waals surface area contributed by atoms with Crippen molar-refractivity contribution < 1.29 is 22.8 Å². The molecule has 2 N–H and O–H groups in total. The molecule has 4 saturated carbocycles. The van der Waals surface area contributed by atoms with Gasteiger partial charge in [-0.3, -0.25) is 24.3 Å². The lowest BCUT2D eigenvalue weighted by atomic mass is 9.53. The minimum atomic E-state index is -4.94. The third kappa shape index (κ3) is 6.14. The van der Waals surface area contributed by atoms with Crippen molar-refractivity contribution >= 4 is 34.5 Å². The van der Waals surface area contributed by atoms with Crippen LogP contribution in [0.15, 0.2) is 27.9 Å². The van der Waals surface area contributed by atoms with Gasteiger partial charge in [-0.05, 0) is 100.0 Å². The zero-order chi connectivity index (χ0) is 29.5. The molecule has 228 valence electrons. The zero-order valence-corrected chi connectivity index (χ0v) is 24.6. The zero-order valence-electron chi connectivity index (χ0n) is 23.8. The van der Waals surface area contributed by atoms with Crippen LogP contribution in [0.3, 0.4) is 0 Å². The van der Waals surface area contributed by atoms with E-state index >= 15 is 0 Å². The first-order valence-corrected chi connectivity index (χ1v) is 16.4. The van der Waals surface area contributed by atoms with E-state index in [1.54, 1.807) is 12.1 Å². The monoisotopic (exact) mass is 604 g/mol. The molecule has 7 rings (SSSR count). The van der Waals surface area contributed by atoms with Gasteiger partial charge in [0, 0.05) is 16.9 Å². The topological polar surface area (TPSA) is 93.1 Å². The number of unbranched alkanes of at least 4 members (excludes halogenated alkanes) is 4. The van der Waals surface area contributed by atoms with Crippen molar-refractivity contribution in [2.24, 2.45) is 17.8 Å². The van der Waals surface area contributed by atoms with Crippen molar-refractivity contribution in [3.8, 4) is 0 Å². The van der Waals surface area contributed by atoms with Gasteiger partial charge >= 0.3 is 6.18 Å². The number of halogens is 3. The molecule has 2 aromatic rings. The molecule has 4 bridgehead atoms. The minimum absolute atomic E-state index is 0.0487. The third-order valence-corrected chi connectivity index (χ3v) is 10.9. The fourth-order valence-electron chi connectivity index (χ4n) is 8.37. The molecule has 5 fully saturated rings. The van der Waals surface area contributed by atoms with Crippen LogP contribution >= 0.6 is 11.8 Å². The maximum Gasteiger partial charge on any atom is 0.449 e. The lowest BCUT2D eigenvalue weighted by Gasteiger charge is -2.57. The SMILES string of the molecule is O=C1CC[C@@H](n2c(C(F)(F)F)nc3cccc(SCCCCCCCNC45CC6CC(CC(C6)C4)C5)c3c2=O)C(=O)N1. The Kier molecular flexibility index (Phi) is 8.43. The Morgan fingerprint density at radius 3 is 2.31 bits per heavy atom. The van der Waals surface area contributed by atoms with Crippen molar-refractivity contribution in [2.75, 3.05) is 12.3 Å². The van der Waals surface area contributed by atoms with E-state index in [-0.39, 0.29) is 23.7 Å². The van der Waals surface area contributed by atoms with Crippen molar-refractivity contribution in [1.29, 1.82) is 0 Å². The summed E-state index contributed by atoms with van der Waals surface area (Å²) in [4.78, 5) is 41.9. The standard InChI is InChI=1S/C31H39F3N4O3S/c32-31(33,34)29-36-22-7-6-8-24(26(22)28(41)38(29)23-9-10-25(39)37-27(23)40)42-12-5-3-1-2-4-11-35-30-16-19-13-20(17-30)15-21(14-19)18-30/h6-8,19-21,23,35H,1-5,9-18H2,(H,37,39,40)/t19?,20?,21?,23-,30?/m1/s1. The summed E-state index contributed by atoms with van der Waals surface area (Å²) in [5.74, 6) is 0.667. The molecule has 7 nitrogen and oxygen atoms in total. The fraction of sp³-hybridized carbons (Fsp3) is 0.677. The third-order valence-electron chi connectivity index (χ3n) is 9.78. The van der Waals surface area contributed by atoms with Crippen molar-refractivity contribution in [2.45, 2.75) is 106 Å². The summed E-state index contributed by atoms with van der Waals surface area (Å²) in [5.41, 5.74) is -0.542. The van der Waals surface area contributed by atoms with Crippen LogP contribution in [0.5, 0.6) is 0 Å². The van der Waals surface area contributed by atoms with Crippen LogP contribution < -0.4 is 16.2 Å². The molecular weight excluding hydrogens is 565 g/mol. The van der Waals surface area contributed by atoms with Crippen molar-refractivity contribution in [3.05, 3.63) is 34.4 Å². The van der Waals surface area contributed by atoms with E-state index in [2.05, 4.69) is 15.6 Å². The summed E-state index contributed by atoms with van der Waals surface area (Å²) in [5, 5.41) is 6.10. The van der Waals surface area contributed by atoms with Crippen LogP contribution in [0.25, 0.3) is 10.9 Å². The highest BCUT2D eigenvalue weighted by Crippen LogP contribution is 2.55. The number of rotatable bonds is 11. The van der Waals surface area contributed by atoms with E-state index in [0.717, 1.165) is 49.3 Å². The Hall–Kier alpha value is -2.40. The first kappa shape index (κ1) is 29.7. The minimum Gasteiger partial charge on any atom is -0.311 e. The molecule has 1 aliphatic heterocycles. The van der Waals surface area contributed by atoms with Gasteiger partial charge in [0.1, 0.15) is 6.04 Å². The Bertz CT molecular complexity index is 1370. The number of thioether (sulfide) groups is 1. The number of benzene rings is 1. The quantitative estimate of drug-likeness (QED) is 0.186. The largest absolute Gasteiger partial charge is 0.449 e. The smallest absolute Gasteiger partial charge is 0.311 e. The van der Waals surface area contributed by atoms with Crippen LogP contribution in [0.1, 0.15) is 95.3 Å². The summed E-state index contributed by atoms with van der Waals surface area (Å²) < 4.78 is 42.3. The van der Waals surface area contributed by atoms with E-state index in [1.165, 1.54) is 69.2 Å². The Morgan fingerprint density at radius 1 is 0.976 bits per heavy atom. The van der Waals surface area contributed by atoms with Gasteiger partial charge in [0.2, 0.25) is 17.6 Å². The van der Waals surface area contributed by atoms with Crippen LogP contribution in [-0.2, 0) is 15.8 Å². The first-order chi connectivity index (χ1) is 20.1. The molecule has 42 heavy (non-hydrogen) atoms. The van der Waals surface area contributed by atoms with Crippen LogP contribution in [0.4, 0.5) is 13.2 Å². The predicted molar refractivity (Wildman–Crippen MR) is 155 cm³/mol. The summed E-state index contributed by atoms with van der Waals surface area (Å²) in [6.07, 6.45) is 8.65. The Morgan fingerprint density at radius 2 is 1.64 bits per heavy atom. The number of amides is 2. The van der Waals surface area contributed by atoms with Gasteiger partial charge in [0.25, 0.3) is 5.56 Å². The van der Waals surface area contributed by atoms with E-state index in [1.807, 2.05) is 0 Å². The van der Waals surface area contributed by atoms with Gasteiger partial charge in [-0.2, -0.15) is 13.2 Å². The molecule has 0 radical (unpaired) electrons. The van der Waals surface area contributed by atoms with Gasteiger partial charge < -0.3 is 5.32 Å². The summed E-state index contributed by atoms with van der Waals surface area (Å²) >= 11 is 1.43. The summed E-state index contributed by atoms with van der Waals surface area (Å²) in [6, 6.07) is 3.26. The lowest BCUT2D eigenvalue weighted by Crippen LogP contribution is -2.58. The summed E-state index contributed by atoms with van der Waals surface area (Å²) in [7, 11) is 0. The molecule has 5 aliphatic rings. The van der Waals surface area contributed by atoms with E-state index in [4.69, 9.17) is 0 Å². The van der Waals surface area contributed by atoms with Crippen LogP contribution in [0, 0.1) is 17.8 Å². The first-order valence-electron chi connectivity index (χ1n) is 15.5. The normalized spacial score (nSPS) is 28.9. The van der Waals surface area contributed by atoms with Gasteiger partial charge in [-0.1, -0.05) is 25.3 Å². The average molecular weight is 605 g/mol. The molecule has 4 aliphatic carbocycles. The number of hydrogen-bond acceptors (Lipinski definition) is 6. The second-order valence-corrected chi connectivity index (χ2v) is 14.1. The number of nitrogens with one attached hydrogen (secondary N) is 2. The molecule has 0 unspecified atom stereocenters. The van der Waals surface area contributed by atoms with Gasteiger partial charge in [0.05, 0.1) is 10.9 Å². The maximum atomic E-state index is 14.0. The lowest BCUT2D eigenvalue weighted by molar-refractivity contribution is -0.150. The van der Waals surface area contributed by atoms with E-state index < -0.39 is 35.4 Å². The number of fused-ring (bicyclic) bond motifs is 1. The number of nitrogens with zero attached hydrogens (tertiary/aromatic N) is 2. The Labute approximate surface area is 247 Å². The molecule has 2 heterocycles. The van der Waals surface area contributed by atoms with Gasteiger partial charge in [-0.15, -0.1) is 11.8 Å². The number of imide groups is 1.